The average Bonchev–Trinajstić information content (AvgIpc) is 2.99. The number of carbonyl (C=O) groups is 3. The topological polar surface area (TPSA) is 344 Å². The number of rotatable bonds is 12. The number of hydrogen-bond acceptors (Lipinski definition) is 18. The molecule has 0 spiro atoms. The van der Waals surface area contributed by atoms with Crippen molar-refractivity contribution in [3.63, 3.8) is 0 Å². The van der Waals surface area contributed by atoms with Gasteiger partial charge in [-0.3, -0.25) is 9.59 Å². The molecule has 21 heteroatoms. The molecule has 3 fully saturated rings. The lowest BCUT2D eigenvalue weighted by Crippen LogP contribution is -2.71. The standard InChI is InChI=1S/C25H42N2O19/c1-7(31)26-13-9(33)3-25(41,24(39)40)46-21(13)19(10(34)4-28)44-22-14(27-8(2)32)20(16(36)12(6-30)42-22)45-23-18(38)17(37)15(35)11(5-29)43-23/h9-23,28-30,33-38,41H,3-6H2,1-2H3,(H,26,31)(H,27,32)(H,39,40)/t9-,10+,11+,12+,13+,14+,15+,16-,17-,18+,19+,20+,21+,22-,23-,25-/m0/s1. The van der Waals surface area contributed by atoms with E-state index in [4.69, 9.17) is 23.7 Å². The molecule has 16 atom stereocenters. The molecule has 21 nitrogen and oxygen atoms in total. The Labute approximate surface area is 260 Å². The minimum atomic E-state index is -3.08. The number of nitrogens with one attached hydrogen (secondary N) is 2. The zero-order valence-electron chi connectivity index (χ0n) is 24.7. The molecule has 46 heavy (non-hydrogen) atoms. The highest BCUT2D eigenvalue weighted by atomic mass is 16.7. The van der Waals surface area contributed by atoms with E-state index in [0.717, 1.165) is 13.8 Å². The van der Waals surface area contributed by atoms with Crippen LogP contribution in [-0.2, 0) is 38.1 Å². The molecular formula is C25H42N2O19. The molecule has 3 aliphatic rings. The van der Waals surface area contributed by atoms with Crippen LogP contribution in [0.4, 0.5) is 0 Å². The van der Waals surface area contributed by atoms with E-state index >= 15 is 0 Å². The second kappa shape index (κ2) is 15.8. The Morgan fingerprint density at radius 3 is 1.91 bits per heavy atom. The third-order valence-electron chi connectivity index (χ3n) is 7.83. The fourth-order valence-corrected chi connectivity index (χ4v) is 5.51. The first kappa shape index (κ1) is 38.3. The lowest BCUT2D eigenvalue weighted by Gasteiger charge is -2.50. The van der Waals surface area contributed by atoms with Crippen LogP contribution in [0.3, 0.4) is 0 Å². The minimum Gasteiger partial charge on any atom is -0.477 e. The lowest BCUT2D eigenvalue weighted by molar-refractivity contribution is -0.358. The quantitative estimate of drug-likeness (QED) is 0.0913. The SMILES string of the molecule is CC(=O)N[C@H]1[C@H](O[C@@H]([C@@H]2O[C@](O)(C(=O)O)C[C@H](O)[C@H]2NC(C)=O)[C@H](O)CO)O[C@H](CO)[C@H](O)[C@@H]1O[C@@H]1O[C@H](CO)[C@@H](O)[C@H](O)[C@H]1O. The summed E-state index contributed by atoms with van der Waals surface area (Å²) in [5, 5.41) is 117. The summed E-state index contributed by atoms with van der Waals surface area (Å²) in [6.45, 7) is -0.847. The van der Waals surface area contributed by atoms with Crippen molar-refractivity contribution in [1.29, 1.82) is 0 Å². The normalized spacial score (nSPS) is 42.9. The Morgan fingerprint density at radius 2 is 1.39 bits per heavy atom. The van der Waals surface area contributed by atoms with E-state index in [1.165, 1.54) is 0 Å². The van der Waals surface area contributed by atoms with Crippen molar-refractivity contribution in [2.75, 3.05) is 19.8 Å². The third-order valence-corrected chi connectivity index (χ3v) is 7.83. The Bertz CT molecular complexity index is 1050. The maximum absolute atomic E-state index is 12.3. The van der Waals surface area contributed by atoms with Crippen molar-refractivity contribution in [3.05, 3.63) is 0 Å². The van der Waals surface area contributed by atoms with E-state index in [-0.39, 0.29) is 0 Å². The van der Waals surface area contributed by atoms with Crippen molar-refractivity contribution in [2.24, 2.45) is 0 Å². The van der Waals surface area contributed by atoms with Gasteiger partial charge >= 0.3 is 5.97 Å². The van der Waals surface area contributed by atoms with Gasteiger partial charge in [0.2, 0.25) is 11.8 Å². The van der Waals surface area contributed by atoms with Gasteiger partial charge in [0.15, 0.2) is 12.6 Å². The molecule has 3 saturated heterocycles. The molecule has 0 aromatic carbocycles. The van der Waals surface area contributed by atoms with Crippen LogP contribution in [0.1, 0.15) is 20.3 Å². The highest BCUT2D eigenvalue weighted by Gasteiger charge is 2.57. The number of aliphatic hydroxyl groups is 10. The van der Waals surface area contributed by atoms with E-state index in [9.17, 15) is 70.6 Å². The van der Waals surface area contributed by atoms with Crippen LogP contribution in [0.2, 0.25) is 0 Å². The summed E-state index contributed by atoms with van der Waals surface area (Å²) >= 11 is 0. The van der Waals surface area contributed by atoms with Crippen molar-refractivity contribution in [2.45, 2.75) is 118 Å². The van der Waals surface area contributed by atoms with E-state index in [1.807, 2.05) is 0 Å². The van der Waals surface area contributed by atoms with E-state index in [2.05, 4.69) is 10.6 Å². The number of ether oxygens (including phenoxy) is 5. The molecule has 0 aliphatic carbocycles. The van der Waals surface area contributed by atoms with Gasteiger partial charge in [-0.1, -0.05) is 0 Å². The summed E-state index contributed by atoms with van der Waals surface area (Å²) in [4.78, 5) is 36.1. The third kappa shape index (κ3) is 8.26. The van der Waals surface area contributed by atoms with Gasteiger partial charge in [-0.15, -0.1) is 0 Å². The van der Waals surface area contributed by atoms with Crippen LogP contribution in [0, 0.1) is 0 Å². The maximum Gasteiger partial charge on any atom is 0.364 e. The van der Waals surface area contributed by atoms with Crippen LogP contribution >= 0.6 is 0 Å². The van der Waals surface area contributed by atoms with Gasteiger partial charge in [0.05, 0.1) is 32.0 Å². The van der Waals surface area contributed by atoms with Gasteiger partial charge in [0.25, 0.3) is 5.79 Å². The number of carbonyl (C=O) groups excluding carboxylic acids is 2. The molecule has 266 valence electrons. The van der Waals surface area contributed by atoms with E-state index < -0.39 is 142 Å². The van der Waals surface area contributed by atoms with E-state index in [0.29, 0.717) is 0 Å². The molecule has 0 radical (unpaired) electrons. The van der Waals surface area contributed by atoms with Crippen LogP contribution in [0.15, 0.2) is 0 Å². The predicted molar refractivity (Wildman–Crippen MR) is 142 cm³/mol. The Morgan fingerprint density at radius 1 is 0.848 bits per heavy atom. The molecule has 3 rings (SSSR count). The predicted octanol–water partition coefficient (Wildman–Crippen LogP) is -8.08. The number of amides is 2. The molecule has 2 amide bonds. The summed E-state index contributed by atoms with van der Waals surface area (Å²) in [6, 6.07) is -3.26. The van der Waals surface area contributed by atoms with Crippen LogP contribution < -0.4 is 10.6 Å². The van der Waals surface area contributed by atoms with Crippen molar-refractivity contribution >= 4 is 17.8 Å². The zero-order chi connectivity index (χ0) is 34.7. The van der Waals surface area contributed by atoms with Crippen molar-refractivity contribution < 1.29 is 94.2 Å². The summed E-state index contributed by atoms with van der Waals surface area (Å²) in [5.74, 6) is -6.62. The first-order valence-corrected chi connectivity index (χ1v) is 14.2. The number of hydrogen-bond donors (Lipinski definition) is 13. The average molecular weight is 675 g/mol. The largest absolute Gasteiger partial charge is 0.477 e. The smallest absolute Gasteiger partial charge is 0.364 e. The van der Waals surface area contributed by atoms with Gasteiger partial charge < -0.3 is 90.5 Å². The molecule has 0 saturated carbocycles. The molecule has 3 aliphatic heterocycles. The van der Waals surface area contributed by atoms with Crippen LogP contribution in [-0.4, -0.2) is 191 Å². The maximum atomic E-state index is 12.3. The van der Waals surface area contributed by atoms with Gasteiger partial charge in [-0.2, -0.15) is 0 Å². The summed E-state index contributed by atoms with van der Waals surface area (Å²) < 4.78 is 27.9. The highest BCUT2D eigenvalue weighted by molar-refractivity contribution is 5.76. The molecular weight excluding hydrogens is 632 g/mol. The second-order valence-corrected chi connectivity index (χ2v) is 11.3. The minimum absolute atomic E-state index is 0.767. The molecule has 0 aromatic heterocycles. The van der Waals surface area contributed by atoms with Gasteiger partial charge in [-0.25, -0.2) is 4.79 Å². The van der Waals surface area contributed by atoms with Crippen LogP contribution in [0.5, 0.6) is 0 Å². The highest BCUT2D eigenvalue weighted by Crippen LogP contribution is 2.35. The first-order valence-electron chi connectivity index (χ1n) is 14.2. The molecule has 0 aromatic rings. The number of carboxylic acid groups (broad SMARTS) is 1. The number of aliphatic carboxylic acids is 1. The number of carboxylic acids is 1. The Balaban J connectivity index is 2.04. The van der Waals surface area contributed by atoms with Crippen LogP contribution in [0.25, 0.3) is 0 Å². The fraction of sp³-hybridized carbons (Fsp3) is 0.880. The van der Waals surface area contributed by atoms with Crippen molar-refractivity contribution in [1.82, 2.24) is 10.6 Å². The summed E-state index contributed by atoms with van der Waals surface area (Å²) in [6.07, 6.45) is -24.9. The molecule has 3 heterocycles. The van der Waals surface area contributed by atoms with Crippen molar-refractivity contribution in [3.8, 4) is 0 Å². The molecule has 13 N–H and O–H groups in total. The lowest BCUT2D eigenvalue weighted by atomic mass is 9.88. The molecule has 0 unspecified atom stereocenters. The summed E-state index contributed by atoms with van der Waals surface area (Å²) in [5.41, 5.74) is 0. The fourth-order valence-electron chi connectivity index (χ4n) is 5.51. The van der Waals surface area contributed by atoms with Gasteiger partial charge in [-0.05, 0) is 0 Å². The van der Waals surface area contributed by atoms with Gasteiger partial charge in [0.1, 0.15) is 67.1 Å². The monoisotopic (exact) mass is 674 g/mol. The van der Waals surface area contributed by atoms with E-state index in [1.54, 1.807) is 0 Å². The molecule has 0 bridgehead atoms. The summed E-state index contributed by atoms with van der Waals surface area (Å²) in [7, 11) is 0. The second-order valence-electron chi connectivity index (χ2n) is 11.3. The zero-order valence-corrected chi connectivity index (χ0v) is 24.7. The van der Waals surface area contributed by atoms with Gasteiger partial charge in [0, 0.05) is 20.3 Å². The Hall–Kier alpha value is -2.19. The number of aliphatic hydroxyl groups excluding tert-OH is 9. The Kier molecular flexibility index (Phi) is 13.1. The first-order chi connectivity index (χ1) is 21.5.